The molecule has 0 aliphatic carbocycles. The Bertz CT molecular complexity index is 737. The van der Waals surface area contributed by atoms with Crippen molar-refractivity contribution in [3.05, 3.63) is 53.9 Å². The van der Waals surface area contributed by atoms with Crippen LogP contribution in [0.4, 0.5) is 5.95 Å². The van der Waals surface area contributed by atoms with E-state index in [4.69, 9.17) is 0 Å². The largest absolute Gasteiger partial charge is 0.330 e. The quantitative estimate of drug-likeness (QED) is 0.766. The van der Waals surface area contributed by atoms with Crippen LogP contribution in [-0.4, -0.2) is 59.5 Å². The molecule has 0 atom stereocenters. The minimum absolute atomic E-state index is 0.183. The molecule has 0 unspecified atom stereocenters. The number of hydrogen-bond acceptors (Lipinski definition) is 5. The van der Waals surface area contributed by atoms with E-state index >= 15 is 0 Å². The van der Waals surface area contributed by atoms with Crippen molar-refractivity contribution in [1.82, 2.24) is 14.9 Å². The first-order valence-electron chi connectivity index (χ1n) is 8.05. The average molecular weight is 324 g/mol. The smallest absolute Gasteiger partial charge is 0.265 e. The van der Waals surface area contributed by atoms with Crippen LogP contribution in [0.2, 0.25) is 0 Å². The molecule has 24 heavy (non-hydrogen) atoms. The van der Waals surface area contributed by atoms with E-state index in [9.17, 15) is 9.59 Å². The third kappa shape index (κ3) is 2.52. The standard InChI is InChI=1S/C17H17N5O2/c23-15-13-4-1-2-5-14(13)16(24)22(15)12-20-8-10-21(11-9-20)17-18-6-3-7-19-17/h1-7H,8-12H2/p+1. The summed E-state index contributed by atoms with van der Waals surface area (Å²) in [5.41, 5.74) is 1.02. The second kappa shape index (κ2) is 6.01. The van der Waals surface area contributed by atoms with Crippen molar-refractivity contribution < 1.29 is 14.5 Å². The monoisotopic (exact) mass is 324 g/mol. The zero-order chi connectivity index (χ0) is 16.5. The van der Waals surface area contributed by atoms with Crippen LogP contribution in [0, 0.1) is 0 Å². The molecule has 2 aliphatic rings. The predicted molar refractivity (Wildman–Crippen MR) is 86.8 cm³/mol. The van der Waals surface area contributed by atoms with Gasteiger partial charge in [-0.1, -0.05) is 12.1 Å². The highest BCUT2D eigenvalue weighted by atomic mass is 16.2. The van der Waals surface area contributed by atoms with E-state index in [1.54, 1.807) is 42.7 Å². The van der Waals surface area contributed by atoms with Gasteiger partial charge >= 0.3 is 0 Å². The summed E-state index contributed by atoms with van der Waals surface area (Å²) in [4.78, 5) is 38.1. The normalized spacial score (nSPS) is 18.2. The Morgan fingerprint density at radius 2 is 1.50 bits per heavy atom. The van der Waals surface area contributed by atoms with Crippen LogP contribution in [0.1, 0.15) is 20.7 Å². The molecule has 2 amide bonds. The molecule has 1 fully saturated rings. The summed E-state index contributed by atoms with van der Waals surface area (Å²) in [5, 5.41) is 0. The fraction of sp³-hybridized carbons (Fsp3) is 0.294. The van der Waals surface area contributed by atoms with E-state index in [0.717, 1.165) is 32.1 Å². The van der Waals surface area contributed by atoms with Gasteiger partial charge in [-0.25, -0.2) is 14.9 Å². The number of quaternary nitrogens is 1. The molecule has 2 aliphatic heterocycles. The fourth-order valence-corrected chi connectivity index (χ4v) is 3.24. The molecule has 7 heteroatoms. The molecule has 1 aromatic carbocycles. The molecule has 2 aromatic rings. The van der Waals surface area contributed by atoms with Crippen molar-refractivity contribution in [3.8, 4) is 0 Å². The number of nitrogens with zero attached hydrogens (tertiary/aromatic N) is 4. The molecule has 7 nitrogen and oxygen atoms in total. The molecule has 0 bridgehead atoms. The molecular weight excluding hydrogens is 306 g/mol. The maximum absolute atomic E-state index is 12.4. The van der Waals surface area contributed by atoms with Gasteiger partial charge in [0.1, 0.15) is 0 Å². The predicted octanol–water partition coefficient (Wildman–Crippen LogP) is -0.565. The molecular formula is C17H18N5O2+. The van der Waals surface area contributed by atoms with Gasteiger partial charge in [0.15, 0.2) is 6.67 Å². The lowest BCUT2D eigenvalue weighted by Crippen LogP contribution is -3.16. The van der Waals surface area contributed by atoms with E-state index < -0.39 is 0 Å². The van der Waals surface area contributed by atoms with Crippen LogP contribution in [0.15, 0.2) is 42.7 Å². The summed E-state index contributed by atoms with van der Waals surface area (Å²) in [7, 11) is 0. The van der Waals surface area contributed by atoms with Gasteiger partial charge in [0.2, 0.25) is 5.95 Å². The van der Waals surface area contributed by atoms with Gasteiger partial charge in [0.05, 0.1) is 37.3 Å². The van der Waals surface area contributed by atoms with Gasteiger partial charge in [-0.2, -0.15) is 0 Å². The molecule has 0 radical (unpaired) electrons. The Labute approximate surface area is 139 Å². The van der Waals surface area contributed by atoms with E-state index in [1.165, 1.54) is 9.80 Å². The van der Waals surface area contributed by atoms with Crippen LogP contribution in [0.5, 0.6) is 0 Å². The maximum atomic E-state index is 12.4. The fourth-order valence-electron chi connectivity index (χ4n) is 3.24. The summed E-state index contributed by atoms with van der Waals surface area (Å²) in [5.74, 6) is 0.367. The van der Waals surface area contributed by atoms with Gasteiger partial charge in [0, 0.05) is 12.4 Å². The Morgan fingerprint density at radius 3 is 2.08 bits per heavy atom. The molecule has 122 valence electrons. The highest BCUT2D eigenvalue weighted by molar-refractivity contribution is 6.21. The number of nitrogens with one attached hydrogen (secondary N) is 1. The second-order valence-electron chi connectivity index (χ2n) is 6.03. The van der Waals surface area contributed by atoms with Gasteiger partial charge in [-0.05, 0) is 18.2 Å². The Morgan fingerprint density at radius 1 is 0.917 bits per heavy atom. The zero-order valence-corrected chi connectivity index (χ0v) is 13.2. The first kappa shape index (κ1) is 14.8. The highest BCUT2D eigenvalue weighted by Gasteiger charge is 2.38. The number of carbonyl (C=O) groups is 2. The molecule has 1 saturated heterocycles. The second-order valence-corrected chi connectivity index (χ2v) is 6.03. The van der Waals surface area contributed by atoms with Gasteiger partial charge in [-0.3, -0.25) is 9.59 Å². The van der Waals surface area contributed by atoms with E-state index in [2.05, 4.69) is 14.9 Å². The van der Waals surface area contributed by atoms with Crippen molar-refractivity contribution in [2.24, 2.45) is 0 Å². The number of anilines is 1. The average Bonchev–Trinajstić information content (AvgIpc) is 2.88. The summed E-state index contributed by atoms with van der Waals surface area (Å²) >= 11 is 0. The minimum Gasteiger partial charge on any atom is -0.330 e. The Balaban J connectivity index is 1.40. The van der Waals surface area contributed by atoms with E-state index in [0.29, 0.717) is 17.8 Å². The highest BCUT2D eigenvalue weighted by Crippen LogP contribution is 2.21. The van der Waals surface area contributed by atoms with Gasteiger partial charge < -0.3 is 9.80 Å². The van der Waals surface area contributed by atoms with Crippen molar-refractivity contribution in [3.63, 3.8) is 0 Å². The Hall–Kier alpha value is -2.80. The lowest BCUT2D eigenvalue weighted by atomic mass is 10.1. The van der Waals surface area contributed by atoms with Crippen LogP contribution in [0.25, 0.3) is 0 Å². The third-order valence-electron chi connectivity index (χ3n) is 4.57. The topological polar surface area (TPSA) is 70.8 Å². The third-order valence-corrected chi connectivity index (χ3v) is 4.57. The molecule has 4 rings (SSSR count). The van der Waals surface area contributed by atoms with Crippen LogP contribution in [0.3, 0.4) is 0 Å². The molecule has 1 aromatic heterocycles. The lowest BCUT2D eigenvalue weighted by molar-refractivity contribution is -0.907. The molecule has 1 N–H and O–H groups in total. The van der Waals surface area contributed by atoms with E-state index in [-0.39, 0.29) is 11.8 Å². The molecule has 3 heterocycles. The van der Waals surface area contributed by atoms with Gasteiger partial charge in [-0.15, -0.1) is 0 Å². The molecule has 0 spiro atoms. The van der Waals surface area contributed by atoms with Crippen LogP contribution >= 0.6 is 0 Å². The summed E-state index contributed by atoms with van der Waals surface area (Å²) in [6, 6.07) is 8.82. The summed E-state index contributed by atoms with van der Waals surface area (Å²) < 4.78 is 0. The van der Waals surface area contributed by atoms with Crippen LogP contribution < -0.4 is 9.80 Å². The SMILES string of the molecule is O=C1c2ccccc2C(=O)N1C[NH+]1CCN(c2ncccn2)CC1. The first-order chi connectivity index (χ1) is 11.7. The van der Waals surface area contributed by atoms with Gasteiger partial charge in [0.25, 0.3) is 11.8 Å². The summed E-state index contributed by atoms with van der Waals surface area (Å²) in [6.07, 6.45) is 3.47. The number of fused-ring (bicyclic) bond motifs is 1. The lowest BCUT2D eigenvalue weighted by Gasteiger charge is -2.33. The van der Waals surface area contributed by atoms with Crippen molar-refractivity contribution in [2.75, 3.05) is 37.7 Å². The number of carbonyl (C=O) groups excluding carboxylic acids is 2. The number of amides is 2. The number of imide groups is 1. The Kier molecular flexibility index (Phi) is 3.70. The minimum atomic E-state index is -0.183. The van der Waals surface area contributed by atoms with E-state index in [1.807, 2.05) is 0 Å². The first-order valence-corrected chi connectivity index (χ1v) is 8.05. The maximum Gasteiger partial charge on any atom is 0.265 e. The zero-order valence-electron chi connectivity index (χ0n) is 13.2. The number of piperazine rings is 1. The molecule has 0 saturated carbocycles. The number of hydrogen-bond donors (Lipinski definition) is 1. The van der Waals surface area contributed by atoms with Crippen molar-refractivity contribution >= 4 is 17.8 Å². The van der Waals surface area contributed by atoms with Crippen molar-refractivity contribution in [1.29, 1.82) is 0 Å². The number of aromatic nitrogens is 2. The summed E-state index contributed by atoms with van der Waals surface area (Å²) in [6.45, 7) is 3.71. The number of benzene rings is 1. The van der Waals surface area contributed by atoms with Crippen molar-refractivity contribution in [2.45, 2.75) is 0 Å². The van der Waals surface area contributed by atoms with Crippen LogP contribution in [-0.2, 0) is 0 Å². The number of rotatable bonds is 3.